The van der Waals surface area contributed by atoms with E-state index in [1.54, 1.807) is 6.07 Å². The van der Waals surface area contributed by atoms with Crippen molar-refractivity contribution in [2.24, 2.45) is 0 Å². The van der Waals surface area contributed by atoms with Crippen LogP contribution in [0.5, 0.6) is 0 Å². The topological polar surface area (TPSA) is 33.5 Å². The van der Waals surface area contributed by atoms with Crippen LogP contribution in [0.4, 0.5) is 5.88 Å². The molecule has 4 heteroatoms. The fraction of sp³-hybridized carbons (Fsp3) is 0.545. The first kappa shape index (κ1) is 10.6. The normalized spacial score (nSPS) is 22.5. The van der Waals surface area contributed by atoms with Gasteiger partial charge in [-0.15, -0.1) is 0 Å². The van der Waals surface area contributed by atoms with Gasteiger partial charge in [-0.3, -0.25) is 4.79 Å². The van der Waals surface area contributed by atoms with Gasteiger partial charge in [0.25, 0.3) is 0 Å². The molecular weight excluding hydrogens is 210 g/mol. The van der Waals surface area contributed by atoms with Crippen LogP contribution in [0.2, 0.25) is 0 Å². The number of aldehydes is 1. The van der Waals surface area contributed by atoms with Gasteiger partial charge in [0.05, 0.1) is 0 Å². The van der Waals surface area contributed by atoms with Crippen molar-refractivity contribution in [1.82, 2.24) is 0 Å². The van der Waals surface area contributed by atoms with Gasteiger partial charge < -0.3 is 9.32 Å². The average Bonchev–Trinajstić information content (AvgIpc) is 2.62. The summed E-state index contributed by atoms with van der Waals surface area (Å²) in [5.41, 5.74) is 0. The number of hydrogen-bond donors (Lipinski definition) is 0. The van der Waals surface area contributed by atoms with E-state index in [1.165, 1.54) is 12.2 Å². The van der Waals surface area contributed by atoms with E-state index in [-0.39, 0.29) is 0 Å². The first-order valence-corrected chi connectivity index (χ1v) is 6.36. The third kappa shape index (κ3) is 2.37. The third-order valence-electron chi connectivity index (χ3n) is 2.59. The van der Waals surface area contributed by atoms with Crippen molar-refractivity contribution in [3.05, 3.63) is 17.9 Å². The maximum atomic E-state index is 10.5. The van der Waals surface area contributed by atoms with Crippen LogP contribution < -0.4 is 4.90 Å². The van der Waals surface area contributed by atoms with E-state index in [2.05, 4.69) is 11.8 Å². The summed E-state index contributed by atoms with van der Waals surface area (Å²) in [5, 5.41) is 0. The molecule has 1 aliphatic rings. The molecule has 0 spiro atoms. The fourth-order valence-electron chi connectivity index (χ4n) is 1.79. The number of rotatable bonds is 2. The number of anilines is 1. The van der Waals surface area contributed by atoms with Crippen LogP contribution in [0.3, 0.4) is 0 Å². The molecule has 1 aromatic rings. The van der Waals surface area contributed by atoms with Gasteiger partial charge in [0.2, 0.25) is 0 Å². The molecule has 1 atom stereocenters. The Labute approximate surface area is 93.8 Å². The molecule has 0 aliphatic carbocycles. The molecule has 1 saturated heterocycles. The highest BCUT2D eigenvalue weighted by Gasteiger charge is 2.19. The van der Waals surface area contributed by atoms with Gasteiger partial charge >= 0.3 is 0 Å². The highest BCUT2D eigenvalue weighted by Crippen LogP contribution is 2.24. The largest absolute Gasteiger partial charge is 0.438 e. The van der Waals surface area contributed by atoms with Gasteiger partial charge in [0, 0.05) is 24.4 Å². The van der Waals surface area contributed by atoms with Gasteiger partial charge in [0.1, 0.15) is 0 Å². The Morgan fingerprint density at radius 2 is 2.47 bits per heavy atom. The molecule has 0 N–H and O–H groups in total. The second kappa shape index (κ2) is 4.75. The molecule has 0 radical (unpaired) electrons. The first-order chi connectivity index (χ1) is 7.31. The molecule has 0 saturated carbocycles. The molecule has 2 rings (SSSR count). The Bertz CT molecular complexity index is 337. The van der Waals surface area contributed by atoms with Crippen LogP contribution >= 0.6 is 11.8 Å². The van der Waals surface area contributed by atoms with Gasteiger partial charge in [0.15, 0.2) is 17.9 Å². The zero-order valence-corrected chi connectivity index (χ0v) is 9.63. The minimum atomic E-state index is 0.411. The van der Waals surface area contributed by atoms with E-state index in [0.717, 1.165) is 24.5 Å². The van der Waals surface area contributed by atoms with Crippen molar-refractivity contribution < 1.29 is 9.21 Å². The molecule has 1 unspecified atom stereocenters. The monoisotopic (exact) mass is 225 g/mol. The number of furan rings is 1. The number of nitrogens with zero attached hydrogens (tertiary/aromatic N) is 1. The van der Waals surface area contributed by atoms with E-state index in [1.807, 2.05) is 17.8 Å². The fourth-order valence-corrected chi connectivity index (χ4v) is 2.81. The predicted octanol–water partition coefficient (Wildman–Crippen LogP) is 2.42. The highest BCUT2D eigenvalue weighted by atomic mass is 32.2. The molecule has 0 bridgehead atoms. The molecule has 1 fully saturated rings. The summed E-state index contributed by atoms with van der Waals surface area (Å²) >= 11 is 1.98. The maximum absolute atomic E-state index is 10.5. The van der Waals surface area contributed by atoms with Gasteiger partial charge in [-0.05, 0) is 25.2 Å². The molecule has 0 amide bonds. The zero-order valence-electron chi connectivity index (χ0n) is 8.81. The summed E-state index contributed by atoms with van der Waals surface area (Å²) in [6.07, 6.45) is 1.92. The number of carbonyl (C=O) groups is 1. The number of carbonyl (C=O) groups excluding carboxylic acids is 1. The lowest BCUT2D eigenvalue weighted by Crippen LogP contribution is -2.33. The average molecular weight is 225 g/mol. The van der Waals surface area contributed by atoms with Crippen molar-refractivity contribution in [1.29, 1.82) is 0 Å². The quantitative estimate of drug-likeness (QED) is 0.724. The number of hydrogen-bond acceptors (Lipinski definition) is 4. The van der Waals surface area contributed by atoms with E-state index in [4.69, 9.17) is 4.42 Å². The zero-order chi connectivity index (χ0) is 10.7. The Morgan fingerprint density at radius 3 is 3.20 bits per heavy atom. The molecule has 2 heterocycles. The standard InChI is InChI=1S/C11H15NO2S/c1-9-8-15-6-2-5-12(9)11-4-3-10(7-13)14-11/h3-4,7,9H,2,5-6,8H2,1H3. The summed E-state index contributed by atoms with van der Waals surface area (Å²) < 4.78 is 5.45. The Hall–Kier alpha value is -0.900. The predicted molar refractivity (Wildman–Crippen MR) is 62.8 cm³/mol. The van der Waals surface area contributed by atoms with Crippen LogP contribution in [0, 0.1) is 0 Å². The van der Waals surface area contributed by atoms with Crippen molar-refractivity contribution >= 4 is 23.9 Å². The van der Waals surface area contributed by atoms with Crippen LogP contribution in [0.1, 0.15) is 23.9 Å². The SMILES string of the molecule is CC1CSCCCN1c1ccc(C=O)o1. The molecule has 3 nitrogen and oxygen atoms in total. The van der Waals surface area contributed by atoms with Crippen molar-refractivity contribution in [2.75, 3.05) is 23.0 Å². The number of thioether (sulfide) groups is 1. The van der Waals surface area contributed by atoms with Gasteiger partial charge in [-0.2, -0.15) is 11.8 Å². The summed E-state index contributed by atoms with van der Waals surface area (Å²) in [6.45, 7) is 3.21. The minimum Gasteiger partial charge on any atom is -0.438 e. The smallest absolute Gasteiger partial charge is 0.196 e. The second-order valence-corrected chi connectivity index (χ2v) is 4.91. The molecule has 0 aromatic carbocycles. The van der Waals surface area contributed by atoms with Crippen LogP contribution in [-0.4, -0.2) is 30.4 Å². The lowest BCUT2D eigenvalue weighted by molar-refractivity contribution is 0.110. The van der Waals surface area contributed by atoms with E-state index >= 15 is 0 Å². The lowest BCUT2D eigenvalue weighted by Gasteiger charge is -2.25. The molecule has 15 heavy (non-hydrogen) atoms. The second-order valence-electron chi connectivity index (χ2n) is 3.76. The summed E-state index contributed by atoms with van der Waals surface area (Å²) in [5.74, 6) is 3.57. The minimum absolute atomic E-state index is 0.411. The van der Waals surface area contributed by atoms with Crippen LogP contribution in [0.25, 0.3) is 0 Å². The van der Waals surface area contributed by atoms with E-state index < -0.39 is 0 Å². The summed E-state index contributed by atoms with van der Waals surface area (Å²) in [7, 11) is 0. The third-order valence-corrected chi connectivity index (χ3v) is 3.89. The van der Waals surface area contributed by atoms with E-state index in [9.17, 15) is 4.79 Å². The molecule has 1 aliphatic heterocycles. The molecule has 82 valence electrons. The van der Waals surface area contributed by atoms with Crippen molar-refractivity contribution in [2.45, 2.75) is 19.4 Å². The van der Waals surface area contributed by atoms with Crippen molar-refractivity contribution in [3.63, 3.8) is 0 Å². The van der Waals surface area contributed by atoms with Gasteiger partial charge in [-0.1, -0.05) is 0 Å². The Kier molecular flexibility index (Phi) is 3.36. The Morgan fingerprint density at radius 1 is 1.60 bits per heavy atom. The Balaban J connectivity index is 2.16. The molecule has 1 aromatic heterocycles. The van der Waals surface area contributed by atoms with Crippen LogP contribution in [-0.2, 0) is 0 Å². The lowest BCUT2D eigenvalue weighted by atomic mass is 10.3. The summed E-state index contributed by atoms with van der Waals surface area (Å²) in [4.78, 5) is 12.8. The van der Waals surface area contributed by atoms with Crippen molar-refractivity contribution in [3.8, 4) is 0 Å². The van der Waals surface area contributed by atoms with Crippen LogP contribution in [0.15, 0.2) is 16.5 Å². The van der Waals surface area contributed by atoms with E-state index in [0.29, 0.717) is 11.8 Å². The maximum Gasteiger partial charge on any atom is 0.196 e. The highest BCUT2D eigenvalue weighted by molar-refractivity contribution is 7.99. The first-order valence-electron chi connectivity index (χ1n) is 5.20. The molecular formula is C11H15NO2S. The summed E-state index contributed by atoms with van der Waals surface area (Å²) in [6, 6.07) is 4.09. The van der Waals surface area contributed by atoms with Gasteiger partial charge in [-0.25, -0.2) is 0 Å².